The molecule has 98 valence electrons. The largest absolute Gasteiger partial charge is 0.496 e. The van der Waals surface area contributed by atoms with E-state index in [2.05, 4.69) is 4.98 Å². The number of nitrogens with zero attached hydrogens (tertiary/aromatic N) is 1. The SMILES string of the molecule is COc1cccc(Cl)c1-c1nc2c(s1)C(=O)CCC2. The maximum atomic E-state index is 11.9. The average molecular weight is 294 g/mol. The highest BCUT2D eigenvalue weighted by molar-refractivity contribution is 7.17. The molecule has 1 aromatic carbocycles. The lowest BCUT2D eigenvalue weighted by molar-refractivity contribution is 0.0976. The Balaban J connectivity index is 2.16. The van der Waals surface area contributed by atoms with Gasteiger partial charge in [-0.25, -0.2) is 4.98 Å². The number of benzene rings is 1. The Hall–Kier alpha value is -1.39. The number of halogens is 1. The third-order valence-electron chi connectivity index (χ3n) is 3.18. The van der Waals surface area contributed by atoms with Crippen LogP contribution in [0.1, 0.15) is 28.2 Å². The molecule has 1 aliphatic carbocycles. The standard InChI is InChI=1S/C14H12ClNO2S/c1-18-11-7-2-4-8(15)12(11)14-16-9-5-3-6-10(17)13(9)19-14/h2,4,7H,3,5-6H2,1H3. The summed E-state index contributed by atoms with van der Waals surface area (Å²) in [6, 6.07) is 5.49. The first-order chi connectivity index (χ1) is 9.20. The molecule has 0 radical (unpaired) electrons. The van der Waals surface area contributed by atoms with E-state index in [0.717, 1.165) is 34.0 Å². The molecule has 0 fully saturated rings. The van der Waals surface area contributed by atoms with Gasteiger partial charge in [-0.3, -0.25) is 4.79 Å². The molecule has 3 nitrogen and oxygen atoms in total. The summed E-state index contributed by atoms with van der Waals surface area (Å²) in [6.45, 7) is 0. The van der Waals surface area contributed by atoms with Gasteiger partial charge in [-0.15, -0.1) is 11.3 Å². The summed E-state index contributed by atoms with van der Waals surface area (Å²) in [5.41, 5.74) is 1.68. The molecular weight excluding hydrogens is 282 g/mol. The van der Waals surface area contributed by atoms with E-state index in [1.165, 1.54) is 11.3 Å². The van der Waals surface area contributed by atoms with Gasteiger partial charge in [0.1, 0.15) is 10.8 Å². The third kappa shape index (κ3) is 2.15. The highest BCUT2D eigenvalue weighted by atomic mass is 35.5. The predicted molar refractivity (Wildman–Crippen MR) is 76.4 cm³/mol. The molecule has 2 aromatic rings. The number of aryl methyl sites for hydroxylation is 1. The summed E-state index contributed by atoms with van der Waals surface area (Å²) >= 11 is 7.66. The molecule has 0 atom stereocenters. The zero-order valence-corrected chi connectivity index (χ0v) is 12.0. The summed E-state index contributed by atoms with van der Waals surface area (Å²) < 4.78 is 5.34. The molecule has 19 heavy (non-hydrogen) atoms. The van der Waals surface area contributed by atoms with E-state index in [1.54, 1.807) is 7.11 Å². The Bertz CT molecular complexity index is 651. The van der Waals surface area contributed by atoms with Crippen LogP contribution in [-0.2, 0) is 6.42 Å². The topological polar surface area (TPSA) is 39.2 Å². The van der Waals surface area contributed by atoms with Gasteiger partial charge < -0.3 is 4.74 Å². The minimum Gasteiger partial charge on any atom is -0.496 e. The van der Waals surface area contributed by atoms with Gasteiger partial charge in [-0.05, 0) is 25.0 Å². The third-order valence-corrected chi connectivity index (χ3v) is 4.65. The lowest BCUT2D eigenvalue weighted by Crippen LogP contribution is -2.07. The van der Waals surface area contributed by atoms with Gasteiger partial charge >= 0.3 is 0 Å². The molecule has 1 heterocycles. The van der Waals surface area contributed by atoms with Crippen LogP contribution in [0.4, 0.5) is 0 Å². The smallest absolute Gasteiger partial charge is 0.174 e. The number of Topliss-reactive ketones (excluding diaryl/α,β-unsaturated/α-hetero) is 1. The second-order valence-electron chi connectivity index (χ2n) is 4.39. The van der Waals surface area contributed by atoms with Crippen molar-refractivity contribution in [1.82, 2.24) is 4.98 Å². The van der Waals surface area contributed by atoms with E-state index in [4.69, 9.17) is 16.3 Å². The maximum absolute atomic E-state index is 11.9. The van der Waals surface area contributed by atoms with Crippen molar-refractivity contribution in [2.24, 2.45) is 0 Å². The second-order valence-corrected chi connectivity index (χ2v) is 5.79. The van der Waals surface area contributed by atoms with E-state index in [1.807, 2.05) is 18.2 Å². The van der Waals surface area contributed by atoms with Gasteiger partial charge in [0.2, 0.25) is 0 Å². The Morgan fingerprint density at radius 1 is 1.37 bits per heavy atom. The van der Waals surface area contributed by atoms with Crippen LogP contribution in [0.2, 0.25) is 5.02 Å². The molecule has 1 aromatic heterocycles. The lowest BCUT2D eigenvalue weighted by Gasteiger charge is -2.07. The number of methoxy groups -OCH3 is 1. The van der Waals surface area contributed by atoms with Crippen molar-refractivity contribution in [2.45, 2.75) is 19.3 Å². The van der Waals surface area contributed by atoms with Gasteiger partial charge in [-0.2, -0.15) is 0 Å². The van der Waals surface area contributed by atoms with Crippen molar-refractivity contribution in [2.75, 3.05) is 7.11 Å². The summed E-state index contributed by atoms with van der Waals surface area (Å²) in [5.74, 6) is 0.877. The van der Waals surface area contributed by atoms with Crippen LogP contribution in [0.3, 0.4) is 0 Å². The van der Waals surface area contributed by atoms with E-state index in [0.29, 0.717) is 17.2 Å². The molecule has 0 spiro atoms. The Morgan fingerprint density at radius 2 is 2.21 bits per heavy atom. The number of carbonyl (C=O) groups is 1. The van der Waals surface area contributed by atoms with Crippen LogP contribution in [0, 0.1) is 0 Å². The van der Waals surface area contributed by atoms with E-state index >= 15 is 0 Å². The molecule has 1 aliphatic rings. The lowest BCUT2D eigenvalue weighted by atomic mass is 10.0. The first kappa shape index (κ1) is 12.6. The van der Waals surface area contributed by atoms with Crippen molar-refractivity contribution in [3.63, 3.8) is 0 Å². The normalized spacial score (nSPS) is 14.3. The van der Waals surface area contributed by atoms with Crippen LogP contribution in [0.15, 0.2) is 18.2 Å². The van der Waals surface area contributed by atoms with Gasteiger partial charge in [0.25, 0.3) is 0 Å². The summed E-state index contributed by atoms with van der Waals surface area (Å²) in [5, 5.41) is 1.36. The minimum atomic E-state index is 0.191. The zero-order valence-electron chi connectivity index (χ0n) is 10.4. The van der Waals surface area contributed by atoms with Crippen molar-refractivity contribution >= 4 is 28.7 Å². The number of carbonyl (C=O) groups excluding carboxylic acids is 1. The monoisotopic (exact) mass is 293 g/mol. The highest BCUT2D eigenvalue weighted by Crippen LogP contribution is 2.40. The molecular formula is C14H12ClNO2S. The van der Waals surface area contributed by atoms with Crippen molar-refractivity contribution < 1.29 is 9.53 Å². The average Bonchev–Trinajstić information content (AvgIpc) is 2.83. The maximum Gasteiger partial charge on any atom is 0.174 e. The second kappa shape index (κ2) is 4.94. The molecule has 5 heteroatoms. The zero-order chi connectivity index (χ0) is 13.4. The van der Waals surface area contributed by atoms with Gasteiger partial charge in [0.15, 0.2) is 5.78 Å². The van der Waals surface area contributed by atoms with Crippen molar-refractivity contribution in [1.29, 1.82) is 0 Å². The first-order valence-corrected chi connectivity index (χ1v) is 7.26. The van der Waals surface area contributed by atoms with Gasteiger partial charge in [0.05, 0.1) is 28.3 Å². The summed E-state index contributed by atoms with van der Waals surface area (Å²) in [4.78, 5) is 17.2. The fraction of sp³-hybridized carbons (Fsp3) is 0.286. The number of aromatic nitrogens is 1. The number of thiazole rings is 1. The molecule has 0 saturated heterocycles. The van der Waals surface area contributed by atoms with E-state index in [9.17, 15) is 4.79 Å². The van der Waals surface area contributed by atoms with Crippen LogP contribution < -0.4 is 4.74 Å². The Labute approximate surface area is 120 Å². The minimum absolute atomic E-state index is 0.191. The quantitative estimate of drug-likeness (QED) is 0.840. The fourth-order valence-electron chi connectivity index (χ4n) is 2.26. The highest BCUT2D eigenvalue weighted by Gasteiger charge is 2.24. The molecule has 0 unspecified atom stereocenters. The molecule has 0 bridgehead atoms. The van der Waals surface area contributed by atoms with Crippen LogP contribution in [0.5, 0.6) is 5.75 Å². The number of ether oxygens (including phenoxy) is 1. The number of fused-ring (bicyclic) bond motifs is 1. The first-order valence-electron chi connectivity index (χ1n) is 6.06. The molecule has 0 saturated carbocycles. The molecule has 0 amide bonds. The van der Waals surface area contributed by atoms with Crippen LogP contribution >= 0.6 is 22.9 Å². The number of rotatable bonds is 2. The predicted octanol–water partition coefficient (Wildman–Crippen LogP) is 3.99. The summed E-state index contributed by atoms with van der Waals surface area (Å²) in [6.07, 6.45) is 2.37. The Morgan fingerprint density at radius 3 is 2.95 bits per heavy atom. The number of hydrogen-bond donors (Lipinski definition) is 0. The molecule has 0 aliphatic heterocycles. The van der Waals surface area contributed by atoms with Gasteiger partial charge in [-0.1, -0.05) is 17.7 Å². The van der Waals surface area contributed by atoms with Crippen molar-refractivity contribution in [3.05, 3.63) is 33.8 Å². The molecule has 0 N–H and O–H groups in total. The fourth-order valence-corrected chi connectivity index (χ4v) is 3.71. The number of hydrogen-bond acceptors (Lipinski definition) is 4. The van der Waals surface area contributed by atoms with Crippen LogP contribution in [0.25, 0.3) is 10.6 Å². The van der Waals surface area contributed by atoms with E-state index in [-0.39, 0.29) is 5.78 Å². The van der Waals surface area contributed by atoms with Gasteiger partial charge in [0, 0.05) is 6.42 Å². The van der Waals surface area contributed by atoms with E-state index < -0.39 is 0 Å². The Kier molecular flexibility index (Phi) is 3.29. The van der Waals surface area contributed by atoms with Crippen molar-refractivity contribution in [3.8, 4) is 16.3 Å². The summed E-state index contributed by atoms with van der Waals surface area (Å²) in [7, 11) is 1.60. The van der Waals surface area contributed by atoms with Crippen LogP contribution in [-0.4, -0.2) is 17.9 Å². The molecule has 3 rings (SSSR count). The number of ketones is 1.